The molecule has 0 N–H and O–H groups in total. The van der Waals surface area contributed by atoms with Crippen LogP contribution in [-0.2, 0) is 0 Å². The molecule has 0 aromatic carbocycles. The van der Waals surface area contributed by atoms with Gasteiger partial charge in [-0.05, 0) is 30.9 Å². The van der Waals surface area contributed by atoms with Crippen molar-refractivity contribution in [3.05, 3.63) is 5.28 Å². The Morgan fingerprint density at radius 3 is 2.55 bits per heavy atom. The van der Waals surface area contributed by atoms with Crippen LogP contribution in [-0.4, -0.2) is 40.6 Å². The lowest BCUT2D eigenvalue weighted by Gasteiger charge is -2.26. The molecule has 1 saturated heterocycles. The molecular formula is C12H15ClF2N4O. The summed E-state index contributed by atoms with van der Waals surface area (Å²) in [6.45, 7) is 1.63. The summed E-state index contributed by atoms with van der Waals surface area (Å²) in [7, 11) is 0. The Balaban J connectivity index is 1.66. The third-order valence-corrected chi connectivity index (χ3v) is 3.75. The highest BCUT2D eigenvalue weighted by Gasteiger charge is 2.57. The van der Waals surface area contributed by atoms with Crippen LogP contribution in [0.4, 0.5) is 14.7 Å². The van der Waals surface area contributed by atoms with Crippen LogP contribution >= 0.6 is 11.6 Å². The fourth-order valence-electron chi connectivity index (χ4n) is 2.25. The van der Waals surface area contributed by atoms with Crippen LogP contribution in [0.1, 0.15) is 25.7 Å². The van der Waals surface area contributed by atoms with Gasteiger partial charge in [0.2, 0.25) is 11.2 Å². The maximum Gasteiger partial charge on any atom is 0.322 e. The van der Waals surface area contributed by atoms with E-state index >= 15 is 0 Å². The van der Waals surface area contributed by atoms with Crippen molar-refractivity contribution >= 4 is 17.5 Å². The number of rotatable bonds is 4. The number of halogens is 3. The summed E-state index contributed by atoms with van der Waals surface area (Å²) in [4.78, 5) is 14.1. The van der Waals surface area contributed by atoms with Gasteiger partial charge in [0.05, 0.1) is 5.92 Å². The van der Waals surface area contributed by atoms with Gasteiger partial charge in [0.25, 0.3) is 5.92 Å². The Kier molecular flexibility index (Phi) is 3.62. The first-order valence-corrected chi connectivity index (χ1v) is 7.09. The summed E-state index contributed by atoms with van der Waals surface area (Å²) in [6.07, 6.45) is 3.21. The van der Waals surface area contributed by atoms with Gasteiger partial charge >= 0.3 is 6.01 Å². The van der Waals surface area contributed by atoms with Crippen molar-refractivity contribution in [2.24, 2.45) is 5.92 Å². The van der Waals surface area contributed by atoms with Crippen molar-refractivity contribution in [2.75, 3.05) is 24.6 Å². The number of anilines is 1. The minimum Gasteiger partial charge on any atom is -0.463 e. The van der Waals surface area contributed by atoms with Crippen molar-refractivity contribution in [3.8, 4) is 6.01 Å². The molecule has 2 fully saturated rings. The highest BCUT2D eigenvalue weighted by atomic mass is 35.5. The average molecular weight is 305 g/mol. The lowest BCUT2D eigenvalue weighted by atomic mass is 10.1. The normalized spacial score (nSPS) is 24.6. The lowest BCUT2D eigenvalue weighted by Crippen LogP contribution is -2.31. The lowest BCUT2D eigenvalue weighted by molar-refractivity contribution is 0.0842. The minimum atomic E-state index is -2.60. The number of aromatic nitrogens is 3. The van der Waals surface area contributed by atoms with E-state index in [0.717, 1.165) is 25.9 Å². The average Bonchev–Trinajstić information content (AvgIpc) is 3.04. The molecule has 0 bridgehead atoms. The first kappa shape index (κ1) is 13.7. The van der Waals surface area contributed by atoms with Gasteiger partial charge in [0, 0.05) is 19.5 Å². The Labute approximate surface area is 120 Å². The van der Waals surface area contributed by atoms with Crippen molar-refractivity contribution in [2.45, 2.75) is 31.6 Å². The predicted octanol–water partition coefficient (Wildman–Crippen LogP) is 2.55. The van der Waals surface area contributed by atoms with Crippen LogP contribution in [0.2, 0.25) is 5.28 Å². The maximum absolute atomic E-state index is 12.8. The minimum absolute atomic E-state index is 0.0215. The fourth-order valence-corrected chi connectivity index (χ4v) is 2.40. The van der Waals surface area contributed by atoms with Crippen molar-refractivity contribution < 1.29 is 13.5 Å². The molecule has 1 aliphatic heterocycles. The second kappa shape index (κ2) is 5.27. The summed E-state index contributed by atoms with van der Waals surface area (Å²) < 4.78 is 30.8. The molecule has 0 spiro atoms. The van der Waals surface area contributed by atoms with E-state index in [1.165, 1.54) is 6.42 Å². The summed E-state index contributed by atoms with van der Waals surface area (Å²) in [6, 6.07) is 0.0215. The number of piperidine rings is 1. The van der Waals surface area contributed by atoms with Crippen LogP contribution in [0.15, 0.2) is 0 Å². The standard InChI is InChI=1S/C12H15ClF2N4O/c13-9-16-10(19-4-2-1-3-5-19)18-11(17-9)20-7-8-6-12(8,14)15/h8H,1-7H2. The zero-order chi connectivity index (χ0) is 14.2. The van der Waals surface area contributed by atoms with Gasteiger partial charge in [-0.3, -0.25) is 0 Å². The summed E-state index contributed by atoms with van der Waals surface area (Å²) in [5.74, 6) is -2.88. The van der Waals surface area contributed by atoms with E-state index in [1.54, 1.807) is 0 Å². The monoisotopic (exact) mass is 304 g/mol. The van der Waals surface area contributed by atoms with Crippen LogP contribution in [0.25, 0.3) is 0 Å². The van der Waals surface area contributed by atoms with Gasteiger partial charge in [0.1, 0.15) is 6.61 Å². The zero-order valence-electron chi connectivity index (χ0n) is 10.9. The van der Waals surface area contributed by atoms with E-state index < -0.39 is 11.8 Å². The SMILES string of the molecule is FC1(F)CC1COc1nc(Cl)nc(N2CCCCC2)n1. The number of ether oxygens (including phenoxy) is 1. The first-order valence-electron chi connectivity index (χ1n) is 6.72. The molecule has 5 nitrogen and oxygen atoms in total. The largest absolute Gasteiger partial charge is 0.463 e. The van der Waals surface area contributed by atoms with E-state index in [2.05, 4.69) is 15.0 Å². The Morgan fingerprint density at radius 2 is 1.90 bits per heavy atom. The van der Waals surface area contributed by atoms with Crippen LogP contribution in [0.3, 0.4) is 0 Å². The van der Waals surface area contributed by atoms with Crippen LogP contribution in [0, 0.1) is 5.92 Å². The molecule has 1 saturated carbocycles. The Bertz CT molecular complexity index is 496. The third kappa shape index (κ3) is 3.08. The van der Waals surface area contributed by atoms with Crippen LogP contribution in [0.5, 0.6) is 6.01 Å². The predicted molar refractivity (Wildman–Crippen MR) is 69.5 cm³/mol. The van der Waals surface area contributed by atoms with Gasteiger partial charge in [-0.1, -0.05) is 0 Å². The smallest absolute Gasteiger partial charge is 0.322 e. The highest BCUT2D eigenvalue weighted by Crippen LogP contribution is 2.48. The Hall–Kier alpha value is -1.24. The maximum atomic E-state index is 12.8. The molecule has 110 valence electrons. The van der Waals surface area contributed by atoms with E-state index in [4.69, 9.17) is 16.3 Å². The van der Waals surface area contributed by atoms with E-state index in [9.17, 15) is 8.78 Å². The molecular weight excluding hydrogens is 290 g/mol. The quantitative estimate of drug-likeness (QED) is 0.855. The van der Waals surface area contributed by atoms with E-state index in [-0.39, 0.29) is 24.3 Å². The van der Waals surface area contributed by atoms with Gasteiger partial charge in [-0.15, -0.1) is 0 Å². The molecule has 1 atom stereocenters. The molecule has 3 rings (SSSR count). The molecule has 1 unspecified atom stereocenters. The molecule has 0 amide bonds. The highest BCUT2D eigenvalue weighted by molar-refractivity contribution is 6.28. The molecule has 1 aromatic heterocycles. The molecule has 1 aliphatic carbocycles. The van der Waals surface area contributed by atoms with Crippen molar-refractivity contribution in [3.63, 3.8) is 0 Å². The number of hydrogen-bond acceptors (Lipinski definition) is 5. The molecule has 2 aliphatic rings. The number of nitrogens with zero attached hydrogens (tertiary/aromatic N) is 4. The second-order valence-corrected chi connectivity index (χ2v) is 5.55. The molecule has 1 aromatic rings. The zero-order valence-corrected chi connectivity index (χ0v) is 11.6. The summed E-state index contributed by atoms with van der Waals surface area (Å²) in [5.41, 5.74) is 0. The molecule has 20 heavy (non-hydrogen) atoms. The fraction of sp³-hybridized carbons (Fsp3) is 0.750. The van der Waals surface area contributed by atoms with Crippen LogP contribution < -0.4 is 9.64 Å². The van der Waals surface area contributed by atoms with Crippen molar-refractivity contribution in [1.82, 2.24) is 15.0 Å². The van der Waals surface area contributed by atoms with Gasteiger partial charge < -0.3 is 9.64 Å². The molecule has 8 heteroatoms. The summed E-state index contributed by atoms with van der Waals surface area (Å²) >= 11 is 5.84. The van der Waals surface area contributed by atoms with E-state index in [0.29, 0.717) is 5.95 Å². The third-order valence-electron chi connectivity index (χ3n) is 3.58. The number of hydrogen-bond donors (Lipinski definition) is 0. The van der Waals surface area contributed by atoms with E-state index in [1.807, 2.05) is 4.90 Å². The van der Waals surface area contributed by atoms with Crippen molar-refractivity contribution in [1.29, 1.82) is 0 Å². The second-order valence-electron chi connectivity index (χ2n) is 5.21. The summed E-state index contributed by atoms with van der Waals surface area (Å²) in [5, 5.41) is 0.0260. The van der Waals surface area contributed by atoms with Gasteiger partial charge in [0.15, 0.2) is 0 Å². The number of alkyl halides is 2. The van der Waals surface area contributed by atoms with Gasteiger partial charge in [-0.25, -0.2) is 8.78 Å². The molecule has 0 radical (unpaired) electrons. The molecule has 2 heterocycles. The topological polar surface area (TPSA) is 51.1 Å². The first-order chi connectivity index (χ1) is 9.54. The Morgan fingerprint density at radius 1 is 1.20 bits per heavy atom. The van der Waals surface area contributed by atoms with Gasteiger partial charge in [-0.2, -0.15) is 15.0 Å².